The molecule has 0 fully saturated rings. The van der Waals surface area contributed by atoms with E-state index in [0.717, 1.165) is 6.26 Å². The Bertz CT molecular complexity index is 308. The smallest absolute Gasteiger partial charge is 0.166 e. The van der Waals surface area contributed by atoms with Gasteiger partial charge in [0.05, 0.1) is 5.25 Å². The highest BCUT2D eigenvalue weighted by molar-refractivity contribution is 8.07. The van der Waals surface area contributed by atoms with Crippen LogP contribution < -0.4 is 0 Å². The molecule has 0 atom stereocenters. The average Bonchev–Trinajstić information content (AvgIpc) is 1.56. The van der Waals surface area contributed by atoms with E-state index in [1.807, 2.05) is 0 Å². The van der Waals surface area contributed by atoms with Crippen molar-refractivity contribution in [1.29, 1.82) is 0 Å². The summed E-state index contributed by atoms with van der Waals surface area (Å²) in [4.78, 5) is 0. The maximum Gasteiger partial charge on any atom is 0.166 e. The van der Waals surface area contributed by atoms with Crippen molar-refractivity contribution >= 4 is 19.7 Å². The second-order valence-corrected chi connectivity index (χ2v) is 7.82. The van der Waals surface area contributed by atoms with Gasteiger partial charge in [-0.05, 0) is 13.8 Å². The van der Waals surface area contributed by atoms with Crippen molar-refractivity contribution in [3.63, 3.8) is 0 Å². The van der Waals surface area contributed by atoms with Gasteiger partial charge in [0.15, 0.2) is 24.8 Å². The molecule has 0 aromatic carbocycles. The lowest BCUT2D eigenvalue weighted by molar-refractivity contribution is 0.585. The highest BCUT2D eigenvalue weighted by Gasteiger charge is 2.21. The first-order valence-electron chi connectivity index (χ1n) is 3.04. The van der Waals surface area contributed by atoms with Crippen LogP contribution in [0.2, 0.25) is 0 Å². The third-order valence-corrected chi connectivity index (χ3v) is 5.56. The molecule has 0 aromatic heterocycles. The summed E-state index contributed by atoms with van der Waals surface area (Å²) >= 11 is 0. The van der Waals surface area contributed by atoms with Gasteiger partial charge in [-0.3, -0.25) is 0 Å². The zero-order valence-corrected chi connectivity index (χ0v) is 8.37. The van der Waals surface area contributed by atoms with Gasteiger partial charge in [-0.15, -0.1) is 0 Å². The predicted octanol–water partition coefficient (Wildman–Crippen LogP) is -0.188. The normalized spacial score (nSPS) is 13.8. The molecule has 0 saturated heterocycles. The summed E-state index contributed by atoms with van der Waals surface area (Å²) in [6.07, 6.45) is 0.910. The predicted molar refractivity (Wildman–Crippen MR) is 43.8 cm³/mol. The van der Waals surface area contributed by atoms with E-state index in [-0.39, 0.29) is 0 Å². The average molecular weight is 200 g/mol. The molecule has 0 unspecified atom stereocenters. The minimum Gasteiger partial charge on any atom is -0.228 e. The summed E-state index contributed by atoms with van der Waals surface area (Å²) in [6.45, 7) is 2.92. The molecule has 0 aliphatic carbocycles. The second-order valence-electron chi connectivity index (χ2n) is 2.76. The number of hydrogen-bond acceptors (Lipinski definition) is 4. The molecular formula is C5H12O4S2. The summed E-state index contributed by atoms with van der Waals surface area (Å²) in [5.41, 5.74) is 0. The summed E-state index contributed by atoms with van der Waals surface area (Å²) in [6, 6.07) is 0. The van der Waals surface area contributed by atoms with Crippen LogP contribution in [0.3, 0.4) is 0 Å². The Balaban J connectivity index is 4.68. The minimum atomic E-state index is -3.44. The fourth-order valence-corrected chi connectivity index (χ4v) is 3.91. The van der Waals surface area contributed by atoms with Crippen molar-refractivity contribution in [1.82, 2.24) is 0 Å². The van der Waals surface area contributed by atoms with Crippen molar-refractivity contribution in [3.05, 3.63) is 0 Å². The van der Waals surface area contributed by atoms with E-state index >= 15 is 0 Å². The highest BCUT2D eigenvalue weighted by atomic mass is 32.3. The van der Waals surface area contributed by atoms with Gasteiger partial charge in [-0.1, -0.05) is 0 Å². The fourth-order valence-electron chi connectivity index (χ4n) is 0.434. The zero-order valence-electron chi connectivity index (χ0n) is 6.73. The molecule has 0 amide bonds. The first-order valence-corrected chi connectivity index (χ1v) is 6.82. The van der Waals surface area contributed by atoms with Gasteiger partial charge in [-0.2, -0.15) is 0 Å². The van der Waals surface area contributed by atoms with Crippen LogP contribution in [0.4, 0.5) is 0 Å². The maximum atomic E-state index is 11.0. The van der Waals surface area contributed by atoms with Crippen LogP contribution in [-0.2, 0) is 19.7 Å². The SMILES string of the molecule is CC(C)S(=O)(=O)CS(C)(=O)=O. The lowest BCUT2D eigenvalue weighted by Crippen LogP contribution is -2.22. The number of sulfone groups is 2. The Hall–Kier alpha value is -0.100. The second kappa shape index (κ2) is 3.10. The van der Waals surface area contributed by atoms with Crippen LogP contribution in [-0.4, -0.2) is 33.4 Å². The first-order chi connectivity index (χ1) is 4.65. The summed E-state index contributed by atoms with van der Waals surface area (Å²) < 4.78 is 43.1. The molecule has 0 saturated carbocycles. The van der Waals surface area contributed by atoms with E-state index in [1.165, 1.54) is 13.8 Å². The van der Waals surface area contributed by atoms with Gasteiger partial charge in [0.2, 0.25) is 0 Å². The summed E-state index contributed by atoms with van der Waals surface area (Å²) in [7, 11) is -6.86. The standard InChI is InChI=1S/C5H12O4S2/c1-5(2)11(8,9)4-10(3,6)7/h5H,4H2,1-3H3. The van der Waals surface area contributed by atoms with Crippen molar-refractivity contribution in [3.8, 4) is 0 Å². The molecular weight excluding hydrogens is 188 g/mol. The molecule has 0 radical (unpaired) electrons. The van der Waals surface area contributed by atoms with Crippen LogP contribution in [0.5, 0.6) is 0 Å². The van der Waals surface area contributed by atoms with Gasteiger partial charge < -0.3 is 0 Å². The van der Waals surface area contributed by atoms with Crippen LogP contribution in [0.15, 0.2) is 0 Å². The van der Waals surface area contributed by atoms with Gasteiger partial charge in [0.1, 0.15) is 0 Å². The molecule has 0 N–H and O–H groups in total. The molecule has 0 spiro atoms. The molecule has 0 heterocycles. The van der Waals surface area contributed by atoms with Crippen molar-refractivity contribution < 1.29 is 16.8 Å². The molecule has 68 valence electrons. The van der Waals surface area contributed by atoms with Crippen LogP contribution in [0, 0.1) is 0 Å². The third-order valence-electron chi connectivity index (χ3n) is 1.10. The van der Waals surface area contributed by atoms with Gasteiger partial charge in [0.25, 0.3) is 0 Å². The van der Waals surface area contributed by atoms with E-state index < -0.39 is 30.0 Å². The fraction of sp³-hybridized carbons (Fsp3) is 1.00. The maximum absolute atomic E-state index is 11.0. The molecule has 11 heavy (non-hydrogen) atoms. The van der Waals surface area contributed by atoms with E-state index in [1.54, 1.807) is 0 Å². The van der Waals surface area contributed by atoms with Gasteiger partial charge in [-0.25, -0.2) is 16.8 Å². The van der Waals surface area contributed by atoms with E-state index in [0.29, 0.717) is 0 Å². The van der Waals surface area contributed by atoms with Crippen molar-refractivity contribution in [2.45, 2.75) is 19.1 Å². The van der Waals surface area contributed by atoms with Crippen molar-refractivity contribution in [2.75, 3.05) is 11.3 Å². The largest absolute Gasteiger partial charge is 0.228 e. The Kier molecular flexibility index (Phi) is 3.07. The van der Waals surface area contributed by atoms with Crippen LogP contribution in [0.25, 0.3) is 0 Å². The zero-order chi connectivity index (χ0) is 9.28. The van der Waals surface area contributed by atoms with Crippen molar-refractivity contribution in [2.24, 2.45) is 0 Å². The Morgan fingerprint density at radius 3 is 1.55 bits per heavy atom. The molecule has 0 aromatic rings. The van der Waals surface area contributed by atoms with Crippen LogP contribution in [0.1, 0.15) is 13.8 Å². The van der Waals surface area contributed by atoms with Gasteiger partial charge in [0, 0.05) is 6.26 Å². The van der Waals surface area contributed by atoms with E-state index in [2.05, 4.69) is 0 Å². The molecule has 0 aliphatic rings. The Labute approximate surface area is 67.4 Å². The molecule has 0 aliphatic heterocycles. The molecule has 6 heteroatoms. The Morgan fingerprint density at radius 1 is 1.09 bits per heavy atom. The summed E-state index contributed by atoms with van der Waals surface area (Å²) in [5, 5.41) is -1.38. The number of rotatable bonds is 3. The van der Waals surface area contributed by atoms with Gasteiger partial charge >= 0.3 is 0 Å². The quantitative estimate of drug-likeness (QED) is 0.633. The lowest BCUT2D eigenvalue weighted by Gasteiger charge is -2.04. The summed E-state index contributed by atoms with van der Waals surface area (Å²) in [5.74, 6) is 0. The topological polar surface area (TPSA) is 68.3 Å². The van der Waals surface area contributed by atoms with E-state index in [9.17, 15) is 16.8 Å². The minimum absolute atomic E-state index is 0.628. The molecule has 0 bridgehead atoms. The third kappa shape index (κ3) is 4.36. The highest BCUT2D eigenvalue weighted by Crippen LogP contribution is 2.03. The first kappa shape index (κ1) is 10.9. The lowest BCUT2D eigenvalue weighted by atomic mass is 10.6. The molecule has 0 rings (SSSR count). The number of hydrogen-bond donors (Lipinski definition) is 0. The Morgan fingerprint density at radius 2 is 1.45 bits per heavy atom. The monoisotopic (exact) mass is 200 g/mol. The van der Waals surface area contributed by atoms with Crippen LogP contribution >= 0.6 is 0 Å². The molecule has 4 nitrogen and oxygen atoms in total. The van der Waals surface area contributed by atoms with E-state index in [4.69, 9.17) is 0 Å².